The van der Waals surface area contributed by atoms with Crippen LogP contribution in [0.15, 0.2) is 30.3 Å². The number of hydrogen-bond donors (Lipinski definition) is 0. The third-order valence-electron chi connectivity index (χ3n) is 2.13. The predicted molar refractivity (Wildman–Crippen MR) is 62.8 cm³/mol. The summed E-state index contributed by atoms with van der Waals surface area (Å²) in [7, 11) is 0. The van der Waals surface area contributed by atoms with E-state index < -0.39 is 5.38 Å². The van der Waals surface area contributed by atoms with Crippen molar-refractivity contribution < 1.29 is 4.79 Å². The van der Waals surface area contributed by atoms with Gasteiger partial charge in [-0.05, 0) is 12.5 Å². The molecule has 1 aromatic carbocycles. The van der Waals surface area contributed by atoms with Gasteiger partial charge in [0.2, 0.25) is 5.91 Å². The summed E-state index contributed by atoms with van der Waals surface area (Å²) in [5.74, 6) is -0.216. The van der Waals surface area contributed by atoms with Gasteiger partial charge in [-0.25, -0.2) is 0 Å². The fraction of sp³-hybridized carbons (Fsp3) is 0.333. The van der Waals surface area contributed by atoms with E-state index in [0.717, 1.165) is 5.56 Å². The minimum Gasteiger partial charge on any atom is -0.324 e. The molecule has 0 fully saturated rings. The maximum absolute atomic E-state index is 11.7. The molecule has 0 aliphatic rings. The molecule has 1 rings (SSSR count). The van der Waals surface area contributed by atoms with E-state index >= 15 is 0 Å². The lowest BCUT2D eigenvalue weighted by Gasteiger charge is -2.20. The van der Waals surface area contributed by atoms with Gasteiger partial charge in [0, 0.05) is 6.54 Å². The summed E-state index contributed by atoms with van der Waals surface area (Å²) in [6.45, 7) is 2.09. The van der Waals surface area contributed by atoms with Crippen LogP contribution >= 0.6 is 11.6 Å². The number of carbonyl (C=O) groups is 1. The number of rotatable bonds is 4. The molecule has 4 heteroatoms. The fourth-order valence-electron chi connectivity index (χ4n) is 1.35. The molecule has 0 N–H and O–H groups in total. The number of amides is 1. The third-order valence-corrected chi connectivity index (χ3v) is 2.32. The Morgan fingerprint density at radius 2 is 2.12 bits per heavy atom. The summed E-state index contributed by atoms with van der Waals surface area (Å²) in [6, 6.07) is 11.5. The first-order valence-electron chi connectivity index (χ1n) is 4.99. The summed E-state index contributed by atoms with van der Waals surface area (Å²) in [5, 5.41) is 8.06. The Morgan fingerprint density at radius 3 is 2.62 bits per heavy atom. The lowest BCUT2D eigenvalue weighted by molar-refractivity contribution is -0.130. The van der Waals surface area contributed by atoms with Crippen LogP contribution in [0.25, 0.3) is 0 Å². The number of nitriles is 1. The van der Waals surface area contributed by atoms with E-state index in [2.05, 4.69) is 0 Å². The van der Waals surface area contributed by atoms with Crippen LogP contribution in [0.5, 0.6) is 0 Å². The zero-order valence-electron chi connectivity index (χ0n) is 9.06. The molecular weight excluding hydrogens is 224 g/mol. The zero-order chi connectivity index (χ0) is 12.0. The first-order valence-corrected chi connectivity index (χ1v) is 5.42. The van der Waals surface area contributed by atoms with Crippen LogP contribution in [0.2, 0.25) is 0 Å². The number of alkyl halides is 1. The average Bonchev–Trinajstić information content (AvgIpc) is 2.29. The molecule has 84 valence electrons. The van der Waals surface area contributed by atoms with Gasteiger partial charge in [-0.2, -0.15) is 5.26 Å². The van der Waals surface area contributed by atoms with Crippen LogP contribution in [-0.2, 0) is 11.3 Å². The molecule has 1 unspecified atom stereocenters. The Balaban J connectivity index is 2.73. The van der Waals surface area contributed by atoms with E-state index in [0.29, 0.717) is 6.54 Å². The van der Waals surface area contributed by atoms with E-state index in [1.54, 1.807) is 6.92 Å². The summed E-state index contributed by atoms with van der Waals surface area (Å²) >= 11 is 5.72. The van der Waals surface area contributed by atoms with Crippen molar-refractivity contribution in [2.45, 2.75) is 18.8 Å². The Bertz CT molecular complexity index is 384. The molecule has 0 spiro atoms. The lowest BCUT2D eigenvalue weighted by atomic mass is 10.2. The molecule has 0 aliphatic carbocycles. The Morgan fingerprint density at radius 1 is 1.50 bits per heavy atom. The van der Waals surface area contributed by atoms with Crippen LogP contribution in [0.3, 0.4) is 0 Å². The zero-order valence-corrected chi connectivity index (χ0v) is 9.81. The fourth-order valence-corrected chi connectivity index (χ4v) is 1.49. The molecule has 0 aliphatic heterocycles. The standard InChI is InChI=1S/C12H13ClN2O/c1-10(13)12(16)15(8-7-14)9-11-5-3-2-4-6-11/h2-6,10H,8-9H2,1H3. The lowest BCUT2D eigenvalue weighted by Crippen LogP contribution is -2.35. The van der Waals surface area contributed by atoms with Crippen molar-refractivity contribution in [3.63, 3.8) is 0 Å². The topological polar surface area (TPSA) is 44.1 Å². The molecule has 0 saturated carbocycles. The van der Waals surface area contributed by atoms with Gasteiger partial charge >= 0.3 is 0 Å². The number of hydrogen-bond acceptors (Lipinski definition) is 2. The van der Waals surface area contributed by atoms with Crippen LogP contribution in [0, 0.1) is 11.3 Å². The maximum atomic E-state index is 11.7. The monoisotopic (exact) mass is 236 g/mol. The predicted octanol–water partition coefficient (Wildman–Crippen LogP) is 2.17. The highest BCUT2D eigenvalue weighted by Gasteiger charge is 2.18. The van der Waals surface area contributed by atoms with Gasteiger partial charge in [0.05, 0.1) is 6.07 Å². The molecule has 16 heavy (non-hydrogen) atoms. The van der Waals surface area contributed by atoms with Crippen molar-refractivity contribution >= 4 is 17.5 Å². The second kappa shape index (κ2) is 6.14. The van der Waals surface area contributed by atoms with Gasteiger partial charge in [-0.1, -0.05) is 30.3 Å². The molecule has 1 amide bonds. The van der Waals surface area contributed by atoms with Gasteiger partial charge in [0.15, 0.2) is 0 Å². The van der Waals surface area contributed by atoms with Crippen LogP contribution < -0.4 is 0 Å². The second-order valence-corrected chi connectivity index (χ2v) is 4.11. The van der Waals surface area contributed by atoms with Crippen molar-refractivity contribution in [2.75, 3.05) is 6.54 Å². The SMILES string of the molecule is CC(Cl)C(=O)N(CC#N)Cc1ccccc1. The molecule has 0 radical (unpaired) electrons. The summed E-state index contributed by atoms with van der Waals surface area (Å²) in [5.41, 5.74) is 0.989. The van der Waals surface area contributed by atoms with E-state index in [9.17, 15) is 4.79 Å². The normalized spacial score (nSPS) is 11.6. The van der Waals surface area contributed by atoms with Gasteiger partial charge in [0.1, 0.15) is 11.9 Å². The van der Waals surface area contributed by atoms with Crippen molar-refractivity contribution in [1.82, 2.24) is 4.90 Å². The van der Waals surface area contributed by atoms with Gasteiger partial charge in [-0.3, -0.25) is 4.79 Å². The van der Waals surface area contributed by atoms with Crippen LogP contribution in [0.1, 0.15) is 12.5 Å². The molecule has 1 atom stereocenters. The van der Waals surface area contributed by atoms with E-state index in [4.69, 9.17) is 16.9 Å². The van der Waals surface area contributed by atoms with Crippen molar-refractivity contribution in [3.8, 4) is 6.07 Å². The Kier molecular flexibility index (Phi) is 4.81. The molecule has 0 heterocycles. The van der Waals surface area contributed by atoms with Crippen molar-refractivity contribution in [2.24, 2.45) is 0 Å². The van der Waals surface area contributed by atoms with Crippen LogP contribution in [-0.4, -0.2) is 22.7 Å². The summed E-state index contributed by atoms with van der Waals surface area (Å²) < 4.78 is 0. The number of nitrogens with zero attached hydrogens (tertiary/aromatic N) is 2. The molecule has 3 nitrogen and oxygen atoms in total. The van der Waals surface area contributed by atoms with E-state index in [1.807, 2.05) is 36.4 Å². The molecule has 0 bridgehead atoms. The average molecular weight is 237 g/mol. The van der Waals surface area contributed by atoms with Crippen molar-refractivity contribution in [3.05, 3.63) is 35.9 Å². The highest BCUT2D eigenvalue weighted by molar-refractivity contribution is 6.30. The molecule has 0 aromatic heterocycles. The minimum atomic E-state index is -0.600. The largest absolute Gasteiger partial charge is 0.324 e. The van der Waals surface area contributed by atoms with Gasteiger partial charge in [0.25, 0.3) is 0 Å². The second-order valence-electron chi connectivity index (χ2n) is 3.45. The minimum absolute atomic E-state index is 0.0603. The maximum Gasteiger partial charge on any atom is 0.241 e. The smallest absolute Gasteiger partial charge is 0.241 e. The molecular formula is C12H13ClN2O. The van der Waals surface area contributed by atoms with E-state index in [1.165, 1.54) is 4.90 Å². The number of benzene rings is 1. The first-order chi connectivity index (χ1) is 7.65. The summed E-state index contributed by atoms with van der Waals surface area (Å²) in [4.78, 5) is 13.1. The van der Waals surface area contributed by atoms with E-state index in [-0.39, 0.29) is 12.5 Å². The highest BCUT2D eigenvalue weighted by Crippen LogP contribution is 2.08. The quantitative estimate of drug-likeness (QED) is 0.594. The van der Waals surface area contributed by atoms with Gasteiger partial charge < -0.3 is 4.90 Å². The molecule has 0 saturated heterocycles. The highest BCUT2D eigenvalue weighted by atomic mass is 35.5. The van der Waals surface area contributed by atoms with Crippen molar-refractivity contribution in [1.29, 1.82) is 5.26 Å². The van der Waals surface area contributed by atoms with Crippen LogP contribution in [0.4, 0.5) is 0 Å². The van der Waals surface area contributed by atoms with Gasteiger partial charge in [-0.15, -0.1) is 11.6 Å². The third kappa shape index (κ3) is 3.56. The first kappa shape index (κ1) is 12.5. The summed E-state index contributed by atoms with van der Waals surface area (Å²) in [6.07, 6.45) is 0. The Labute approximate surface area is 100 Å². The number of carbonyl (C=O) groups excluding carboxylic acids is 1. The molecule has 1 aromatic rings. The number of halogens is 1. The Hall–Kier alpha value is -1.53.